The van der Waals surface area contributed by atoms with E-state index in [0.717, 1.165) is 18.9 Å². The maximum atomic E-state index is 14.0. The summed E-state index contributed by atoms with van der Waals surface area (Å²) in [5.74, 6) is -0.889. The molecule has 1 saturated carbocycles. The van der Waals surface area contributed by atoms with Crippen LogP contribution >= 0.6 is 0 Å². The van der Waals surface area contributed by atoms with Gasteiger partial charge in [-0.3, -0.25) is 14.9 Å². The summed E-state index contributed by atoms with van der Waals surface area (Å²) in [7, 11) is 0. The maximum absolute atomic E-state index is 14.0. The van der Waals surface area contributed by atoms with Gasteiger partial charge in [-0.1, -0.05) is 6.07 Å². The van der Waals surface area contributed by atoms with Crippen molar-refractivity contribution in [3.8, 4) is 0 Å². The van der Waals surface area contributed by atoms with Crippen LogP contribution in [-0.2, 0) is 16.1 Å². The van der Waals surface area contributed by atoms with Crippen molar-refractivity contribution in [2.24, 2.45) is 0 Å². The molecule has 0 unspecified atom stereocenters. The number of carbonyl (C=O) groups is 2. The fourth-order valence-corrected chi connectivity index (χ4v) is 3.37. The van der Waals surface area contributed by atoms with Gasteiger partial charge in [-0.05, 0) is 25.0 Å². The highest BCUT2D eigenvalue weighted by molar-refractivity contribution is 6.15. The lowest BCUT2D eigenvalue weighted by Crippen LogP contribution is -2.19. The highest BCUT2D eigenvalue weighted by Gasteiger charge is 2.25. The van der Waals surface area contributed by atoms with Crippen molar-refractivity contribution in [1.29, 1.82) is 0 Å². The molecule has 1 saturated heterocycles. The molecule has 1 aliphatic carbocycles. The molecule has 3 aromatic rings. The molecule has 2 aliphatic rings. The van der Waals surface area contributed by atoms with Crippen LogP contribution in [0.4, 0.5) is 20.4 Å². The highest BCUT2D eigenvalue weighted by atomic mass is 19.1. The minimum Gasteiger partial charge on any atom is -0.367 e. The molecule has 0 bridgehead atoms. The molecular formula is C21H18F2N6O2. The zero-order chi connectivity index (χ0) is 21.5. The third-order valence-corrected chi connectivity index (χ3v) is 5.13. The van der Waals surface area contributed by atoms with Gasteiger partial charge in [0.15, 0.2) is 5.65 Å². The van der Waals surface area contributed by atoms with Crippen LogP contribution in [0, 0.1) is 11.6 Å². The van der Waals surface area contributed by atoms with E-state index in [9.17, 15) is 18.4 Å². The van der Waals surface area contributed by atoms with Gasteiger partial charge in [-0.15, -0.1) is 0 Å². The first-order valence-electron chi connectivity index (χ1n) is 9.84. The molecule has 1 aromatic carbocycles. The van der Waals surface area contributed by atoms with Crippen LogP contribution in [0.1, 0.15) is 30.4 Å². The molecular weight excluding hydrogens is 406 g/mol. The van der Waals surface area contributed by atoms with Gasteiger partial charge in [-0.25, -0.2) is 13.8 Å². The van der Waals surface area contributed by atoms with Crippen LogP contribution in [0.3, 0.4) is 0 Å². The number of benzene rings is 1. The Bertz CT molecular complexity index is 1250. The summed E-state index contributed by atoms with van der Waals surface area (Å²) in [5.41, 5.74) is 1.70. The molecule has 3 heterocycles. The lowest BCUT2D eigenvalue weighted by molar-refractivity contribution is -0.124. The summed E-state index contributed by atoms with van der Waals surface area (Å²) in [4.78, 5) is 28.0. The number of hydrogen-bond donors (Lipinski definition) is 3. The SMILES string of the molecule is O=C1C/C(=C\c2cnn3c(NC4CC4)cc(NCc4ccc(F)cc4F)nc23)C(=O)N1. The summed E-state index contributed by atoms with van der Waals surface area (Å²) < 4.78 is 28.8. The number of anilines is 2. The predicted molar refractivity (Wildman–Crippen MR) is 109 cm³/mol. The number of rotatable bonds is 6. The first kappa shape index (κ1) is 19.2. The van der Waals surface area contributed by atoms with Gasteiger partial charge in [-0.2, -0.15) is 9.61 Å². The van der Waals surface area contributed by atoms with E-state index in [2.05, 4.69) is 26.0 Å². The Kier molecular flexibility index (Phi) is 4.61. The second-order valence-corrected chi connectivity index (χ2v) is 7.59. The lowest BCUT2D eigenvalue weighted by Gasteiger charge is -2.12. The van der Waals surface area contributed by atoms with Gasteiger partial charge in [0.05, 0.1) is 12.6 Å². The normalized spacial score (nSPS) is 17.4. The Morgan fingerprint density at radius 1 is 1.23 bits per heavy atom. The number of hydrogen-bond acceptors (Lipinski definition) is 6. The second kappa shape index (κ2) is 7.46. The molecule has 1 aliphatic heterocycles. The number of halogens is 2. The molecule has 2 fully saturated rings. The summed E-state index contributed by atoms with van der Waals surface area (Å²) in [6, 6.07) is 5.53. The molecule has 0 atom stereocenters. The first-order valence-corrected chi connectivity index (χ1v) is 9.84. The number of nitrogens with one attached hydrogen (secondary N) is 3. The third kappa shape index (κ3) is 3.96. The second-order valence-electron chi connectivity index (χ2n) is 7.59. The van der Waals surface area contributed by atoms with Gasteiger partial charge < -0.3 is 10.6 Å². The van der Waals surface area contributed by atoms with E-state index < -0.39 is 17.5 Å². The fourth-order valence-electron chi connectivity index (χ4n) is 3.37. The number of amides is 2. The largest absolute Gasteiger partial charge is 0.367 e. The van der Waals surface area contributed by atoms with E-state index in [1.54, 1.807) is 22.9 Å². The molecule has 2 amide bonds. The van der Waals surface area contributed by atoms with Crippen molar-refractivity contribution in [1.82, 2.24) is 19.9 Å². The Morgan fingerprint density at radius 3 is 2.77 bits per heavy atom. The van der Waals surface area contributed by atoms with Crippen LogP contribution in [-0.4, -0.2) is 32.5 Å². The quantitative estimate of drug-likeness (QED) is 0.416. The average Bonchev–Trinajstić information content (AvgIpc) is 3.36. The highest BCUT2D eigenvalue weighted by Crippen LogP contribution is 2.28. The molecule has 8 nitrogen and oxygen atoms in total. The van der Waals surface area contributed by atoms with E-state index in [1.165, 1.54) is 12.1 Å². The van der Waals surface area contributed by atoms with Gasteiger partial charge in [0.2, 0.25) is 5.91 Å². The monoisotopic (exact) mass is 424 g/mol. The van der Waals surface area contributed by atoms with E-state index in [-0.39, 0.29) is 18.9 Å². The summed E-state index contributed by atoms with van der Waals surface area (Å²) in [6.45, 7) is 0.111. The summed E-state index contributed by atoms with van der Waals surface area (Å²) in [5, 5.41) is 13.1. The third-order valence-electron chi connectivity index (χ3n) is 5.13. The Hall–Kier alpha value is -3.82. The minimum atomic E-state index is -0.642. The zero-order valence-corrected chi connectivity index (χ0v) is 16.3. The van der Waals surface area contributed by atoms with Crippen molar-refractivity contribution in [3.63, 3.8) is 0 Å². The van der Waals surface area contributed by atoms with E-state index in [0.29, 0.717) is 40.0 Å². The summed E-state index contributed by atoms with van der Waals surface area (Å²) >= 11 is 0. The lowest BCUT2D eigenvalue weighted by atomic mass is 10.1. The van der Waals surface area contributed by atoms with Gasteiger partial charge in [0, 0.05) is 41.4 Å². The van der Waals surface area contributed by atoms with Gasteiger partial charge >= 0.3 is 0 Å². The van der Waals surface area contributed by atoms with Crippen LogP contribution in [0.25, 0.3) is 11.7 Å². The van der Waals surface area contributed by atoms with Crippen LogP contribution in [0.15, 0.2) is 36.0 Å². The fraction of sp³-hybridized carbons (Fsp3) is 0.238. The van der Waals surface area contributed by atoms with Crippen LogP contribution in [0.2, 0.25) is 0 Å². The van der Waals surface area contributed by atoms with Crippen LogP contribution in [0.5, 0.6) is 0 Å². The van der Waals surface area contributed by atoms with Gasteiger partial charge in [0.1, 0.15) is 23.3 Å². The molecule has 0 spiro atoms. The Balaban J connectivity index is 1.49. The average molecular weight is 424 g/mol. The smallest absolute Gasteiger partial charge is 0.254 e. The van der Waals surface area contributed by atoms with E-state index >= 15 is 0 Å². The van der Waals surface area contributed by atoms with Crippen molar-refractivity contribution in [2.75, 3.05) is 10.6 Å². The van der Waals surface area contributed by atoms with Crippen molar-refractivity contribution < 1.29 is 18.4 Å². The standard InChI is InChI=1S/C21H18F2N6O2/c22-14-2-1-11(16(23)7-14)9-24-17-8-18(26-15-3-4-15)29-20(27-17)13(10-25-29)5-12-6-19(30)28-21(12)31/h1-2,5,7-8,10,15,26H,3-4,6,9H2,(H,24,27)(H,28,30,31)/b12-5+. The van der Waals surface area contributed by atoms with Gasteiger partial charge in [0.25, 0.3) is 5.91 Å². The molecule has 10 heteroatoms. The number of carbonyl (C=O) groups excluding carboxylic acids is 2. The van der Waals surface area contributed by atoms with Crippen molar-refractivity contribution in [3.05, 3.63) is 58.8 Å². The minimum absolute atomic E-state index is 0.00510. The first-order chi connectivity index (χ1) is 15.0. The molecule has 31 heavy (non-hydrogen) atoms. The van der Waals surface area contributed by atoms with Crippen LogP contribution < -0.4 is 16.0 Å². The van der Waals surface area contributed by atoms with E-state index in [4.69, 9.17) is 0 Å². The Labute approximate surface area is 175 Å². The topological polar surface area (TPSA) is 100 Å². The van der Waals surface area contributed by atoms with Crippen molar-refractivity contribution in [2.45, 2.75) is 31.8 Å². The predicted octanol–water partition coefficient (Wildman–Crippen LogP) is 2.62. The summed E-state index contributed by atoms with van der Waals surface area (Å²) in [6.07, 6.45) is 5.28. The number of aromatic nitrogens is 3. The zero-order valence-electron chi connectivity index (χ0n) is 16.3. The molecule has 3 N–H and O–H groups in total. The molecule has 2 aromatic heterocycles. The molecule has 5 rings (SSSR count). The number of fused-ring (bicyclic) bond motifs is 1. The Morgan fingerprint density at radius 2 is 2.06 bits per heavy atom. The molecule has 158 valence electrons. The van der Waals surface area contributed by atoms with E-state index in [1.807, 2.05) is 0 Å². The number of imide groups is 1. The maximum Gasteiger partial charge on any atom is 0.254 e. The number of nitrogens with zero attached hydrogens (tertiary/aromatic N) is 3. The van der Waals surface area contributed by atoms with Crippen molar-refractivity contribution >= 4 is 35.2 Å². The molecule has 0 radical (unpaired) electrons.